The molecule has 0 aliphatic heterocycles. The molecule has 0 heterocycles. The molecule has 0 unspecified atom stereocenters. The summed E-state index contributed by atoms with van der Waals surface area (Å²) in [6, 6.07) is 32.8. The van der Waals surface area contributed by atoms with Crippen molar-refractivity contribution < 1.29 is 19.4 Å². The Morgan fingerprint density at radius 3 is 1.82 bits per heavy atom. The number of rotatable bonds is 6. The Morgan fingerprint density at radius 1 is 0.667 bits per heavy atom. The highest BCUT2D eigenvalue weighted by Gasteiger charge is 2.59. The summed E-state index contributed by atoms with van der Waals surface area (Å²) in [4.78, 5) is 25.7. The lowest BCUT2D eigenvalue weighted by atomic mass is 9.52. The van der Waals surface area contributed by atoms with E-state index in [4.69, 9.17) is 4.74 Å². The van der Waals surface area contributed by atoms with Crippen LogP contribution in [0.2, 0.25) is 0 Å². The van der Waals surface area contributed by atoms with Gasteiger partial charge in [0.1, 0.15) is 6.61 Å². The lowest BCUT2D eigenvalue weighted by Gasteiger charge is -2.49. The van der Waals surface area contributed by atoms with E-state index in [1.807, 2.05) is 103 Å². The van der Waals surface area contributed by atoms with E-state index < -0.39 is 29.6 Å². The van der Waals surface area contributed by atoms with Gasteiger partial charge in [-0.1, -0.05) is 103 Å². The van der Waals surface area contributed by atoms with Crippen molar-refractivity contribution in [2.45, 2.75) is 18.4 Å². The second-order valence-electron chi connectivity index (χ2n) is 8.51. The van der Waals surface area contributed by atoms with Crippen molar-refractivity contribution >= 4 is 22.7 Å². The van der Waals surface area contributed by atoms with Crippen LogP contribution in [0.25, 0.3) is 10.8 Å². The van der Waals surface area contributed by atoms with Gasteiger partial charge in [-0.2, -0.15) is 0 Å². The van der Waals surface area contributed by atoms with E-state index in [0.29, 0.717) is 0 Å². The Balaban J connectivity index is 1.47. The second-order valence-corrected chi connectivity index (χ2v) is 8.51. The molecule has 0 saturated heterocycles. The first kappa shape index (κ1) is 21.0. The van der Waals surface area contributed by atoms with Crippen molar-refractivity contribution in [3.05, 3.63) is 120 Å². The number of hydrogen-bond acceptors (Lipinski definition) is 3. The molecule has 2 atom stereocenters. The van der Waals surface area contributed by atoms with Crippen molar-refractivity contribution in [3.63, 3.8) is 0 Å². The first-order valence-corrected chi connectivity index (χ1v) is 11.1. The van der Waals surface area contributed by atoms with Gasteiger partial charge in [-0.25, -0.2) is 0 Å². The smallest absolute Gasteiger partial charge is 0.310 e. The molecule has 4 aromatic carbocycles. The average Bonchev–Trinajstić information content (AvgIpc) is 2.83. The average molecular weight is 437 g/mol. The molecule has 4 nitrogen and oxygen atoms in total. The normalized spacial score (nSPS) is 21.8. The molecular formula is C29H24O4. The minimum atomic E-state index is -0.893. The van der Waals surface area contributed by atoms with Gasteiger partial charge in [0.2, 0.25) is 0 Å². The monoisotopic (exact) mass is 436 g/mol. The van der Waals surface area contributed by atoms with Crippen molar-refractivity contribution in [1.82, 2.24) is 0 Å². The predicted octanol–water partition coefficient (Wildman–Crippen LogP) is 5.78. The highest BCUT2D eigenvalue weighted by Crippen LogP contribution is 2.58. The third-order valence-corrected chi connectivity index (χ3v) is 6.72. The Kier molecular flexibility index (Phi) is 5.66. The standard InChI is InChI=1S/C29H24O4/c30-28(31)26-24(20-11-3-1-4-12-20)27(25(26)21-13-5-2-6-14-21)29(32)33-18-22-16-9-15-19-10-7-8-17-23(19)22/h1-17,24-27H,18H2,(H,30,31)/t24-,25-,26-,27-/m0/s1. The van der Waals surface area contributed by atoms with Crippen LogP contribution in [0, 0.1) is 11.8 Å². The number of carboxylic acids is 1. The van der Waals surface area contributed by atoms with Gasteiger partial charge in [-0.3, -0.25) is 9.59 Å². The molecule has 1 fully saturated rings. The maximum atomic E-state index is 13.5. The van der Waals surface area contributed by atoms with Crippen molar-refractivity contribution in [2.24, 2.45) is 11.8 Å². The van der Waals surface area contributed by atoms with Crippen LogP contribution in [-0.2, 0) is 20.9 Å². The van der Waals surface area contributed by atoms with Gasteiger partial charge in [0.25, 0.3) is 0 Å². The van der Waals surface area contributed by atoms with Gasteiger partial charge in [0.05, 0.1) is 11.8 Å². The van der Waals surface area contributed by atoms with Crippen molar-refractivity contribution in [2.75, 3.05) is 0 Å². The molecule has 1 saturated carbocycles. The Labute approximate surface area is 192 Å². The van der Waals surface area contributed by atoms with E-state index in [-0.39, 0.29) is 12.6 Å². The SMILES string of the molecule is O=C(O)[C@H]1[C@H](c2ccccc2)[C@H](C(=O)OCc2cccc3ccccc23)[C@H]1c1ccccc1. The molecule has 4 aromatic rings. The zero-order valence-electron chi connectivity index (χ0n) is 18.0. The molecule has 4 heteroatoms. The van der Waals surface area contributed by atoms with Crippen LogP contribution < -0.4 is 0 Å². The largest absolute Gasteiger partial charge is 0.481 e. The number of aliphatic carboxylic acids is 1. The fourth-order valence-corrected chi connectivity index (χ4v) is 5.19. The number of carbonyl (C=O) groups is 2. The van der Waals surface area contributed by atoms with Gasteiger partial charge in [-0.05, 0) is 27.5 Å². The summed E-state index contributed by atoms with van der Waals surface area (Å²) in [5.41, 5.74) is 2.64. The van der Waals surface area contributed by atoms with Crippen LogP contribution in [0.15, 0.2) is 103 Å². The minimum absolute atomic E-state index is 0.150. The lowest BCUT2D eigenvalue weighted by molar-refractivity contribution is -0.165. The van der Waals surface area contributed by atoms with E-state index in [0.717, 1.165) is 27.5 Å². The van der Waals surface area contributed by atoms with Crippen LogP contribution in [0.3, 0.4) is 0 Å². The molecule has 1 aliphatic rings. The summed E-state index contributed by atoms with van der Waals surface area (Å²) in [6.07, 6.45) is 0. The summed E-state index contributed by atoms with van der Waals surface area (Å²) in [5.74, 6) is -3.38. The molecule has 1 aliphatic carbocycles. The molecule has 0 amide bonds. The van der Waals surface area contributed by atoms with E-state index in [9.17, 15) is 14.7 Å². The zero-order valence-corrected chi connectivity index (χ0v) is 18.0. The first-order chi connectivity index (χ1) is 16.1. The van der Waals surface area contributed by atoms with Crippen LogP contribution in [-0.4, -0.2) is 17.0 Å². The molecule has 5 rings (SSSR count). The quantitative estimate of drug-likeness (QED) is 0.389. The van der Waals surface area contributed by atoms with Gasteiger partial charge in [0.15, 0.2) is 0 Å². The number of ether oxygens (including phenoxy) is 1. The topological polar surface area (TPSA) is 63.6 Å². The highest BCUT2D eigenvalue weighted by atomic mass is 16.5. The van der Waals surface area contributed by atoms with Crippen LogP contribution >= 0.6 is 0 Å². The van der Waals surface area contributed by atoms with Crippen molar-refractivity contribution in [3.8, 4) is 0 Å². The molecule has 33 heavy (non-hydrogen) atoms. The minimum Gasteiger partial charge on any atom is -0.481 e. The van der Waals surface area contributed by atoms with Gasteiger partial charge >= 0.3 is 11.9 Å². The van der Waals surface area contributed by atoms with Gasteiger partial charge in [0, 0.05) is 11.8 Å². The molecule has 0 radical (unpaired) electrons. The van der Waals surface area contributed by atoms with E-state index in [1.54, 1.807) is 0 Å². The van der Waals surface area contributed by atoms with Crippen LogP contribution in [0.5, 0.6) is 0 Å². The fraction of sp³-hybridized carbons (Fsp3) is 0.172. The van der Waals surface area contributed by atoms with Crippen molar-refractivity contribution in [1.29, 1.82) is 0 Å². The summed E-state index contributed by atoms with van der Waals surface area (Å²) in [6.45, 7) is 0.150. The molecule has 164 valence electrons. The molecule has 0 bridgehead atoms. The van der Waals surface area contributed by atoms with Crippen LogP contribution in [0.1, 0.15) is 28.5 Å². The number of fused-ring (bicyclic) bond motifs is 1. The summed E-state index contributed by atoms with van der Waals surface area (Å²) >= 11 is 0. The third-order valence-electron chi connectivity index (χ3n) is 6.72. The maximum Gasteiger partial charge on any atom is 0.310 e. The molecule has 0 aromatic heterocycles. The van der Waals surface area contributed by atoms with Crippen LogP contribution in [0.4, 0.5) is 0 Å². The summed E-state index contributed by atoms with van der Waals surface area (Å²) in [7, 11) is 0. The highest BCUT2D eigenvalue weighted by molar-refractivity contribution is 5.87. The third kappa shape index (κ3) is 3.89. The number of hydrogen-bond donors (Lipinski definition) is 1. The summed E-state index contributed by atoms with van der Waals surface area (Å²) in [5, 5.41) is 12.2. The molecule has 1 N–H and O–H groups in total. The number of carboxylic acid groups (broad SMARTS) is 1. The van der Waals surface area contributed by atoms with E-state index in [1.165, 1.54) is 0 Å². The molecular weight excluding hydrogens is 412 g/mol. The Morgan fingerprint density at radius 2 is 1.21 bits per heavy atom. The van der Waals surface area contributed by atoms with E-state index in [2.05, 4.69) is 0 Å². The first-order valence-electron chi connectivity index (χ1n) is 11.1. The maximum absolute atomic E-state index is 13.5. The van der Waals surface area contributed by atoms with Gasteiger partial charge < -0.3 is 9.84 Å². The summed E-state index contributed by atoms with van der Waals surface area (Å²) < 4.78 is 5.84. The number of esters is 1. The predicted molar refractivity (Wildman–Crippen MR) is 127 cm³/mol. The van der Waals surface area contributed by atoms with E-state index >= 15 is 0 Å². The Bertz CT molecular complexity index is 1230. The van der Waals surface area contributed by atoms with Gasteiger partial charge in [-0.15, -0.1) is 0 Å². The zero-order chi connectivity index (χ0) is 22.8. The Hall–Kier alpha value is -3.92. The number of benzene rings is 4. The lowest BCUT2D eigenvalue weighted by Crippen LogP contribution is -2.51. The second kappa shape index (κ2) is 8.91. The molecule has 0 spiro atoms. The number of carbonyl (C=O) groups excluding carboxylic acids is 1. The fourth-order valence-electron chi connectivity index (χ4n) is 5.19.